The number of aromatic carboxylic acids is 1. The van der Waals surface area contributed by atoms with Crippen molar-refractivity contribution in [1.82, 2.24) is 4.98 Å². The molecule has 3 aromatic rings. The third kappa shape index (κ3) is 4.80. The Balaban J connectivity index is 1.88. The first-order chi connectivity index (χ1) is 13.2. The number of alkyl halides is 3. The Morgan fingerprint density at radius 1 is 1.07 bits per heavy atom. The van der Waals surface area contributed by atoms with E-state index >= 15 is 0 Å². The van der Waals surface area contributed by atoms with Crippen molar-refractivity contribution < 1.29 is 27.8 Å². The Morgan fingerprint density at radius 3 is 2.50 bits per heavy atom. The third-order valence-electron chi connectivity index (χ3n) is 3.93. The van der Waals surface area contributed by atoms with Crippen LogP contribution in [0.3, 0.4) is 0 Å². The van der Waals surface area contributed by atoms with Gasteiger partial charge in [-0.25, -0.2) is 4.79 Å². The molecule has 0 unspecified atom stereocenters. The van der Waals surface area contributed by atoms with Crippen LogP contribution in [0.25, 0.3) is 11.1 Å². The Labute approximate surface area is 163 Å². The predicted octanol–water partition coefficient (Wildman–Crippen LogP) is 5.59. The van der Waals surface area contributed by atoms with E-state index in [4.69, 9.17) is 11.6 Å². The van der Waals surface area contributed by atoms with Crippen LogP contribution in [-0.2, 0) is 6.42 Å². The van der Waals surface area contributed by atoms with E-state index in [1.807, 2.05) is 0 Å². The van der Waals surface area contributed by atoms with Crippen LogP contribution in [0.15, 0.2) is 60.8 Å². The molecule has 0 atom stereocenters. The van der Waals surface area contributed by atoms with Crippen molar-refractivity contribution in [2.75, 3.05) is 0 Å². The standard InChI is InChI=1S/C20H13ClF3NO3/c21-17-10-13(12-3-1-4-15(9-12)28-20(22,23)24)6-7-14(17)11-18-16(19(26)27)5-2-8-25-18/h1-10H,11H2,(H,26,27). The number of pyridine rings is 1. The molecule has 144 valence electrons. The minimum atomic E-state index is -4.77. The molecule has 0 saturated carbocycles. The van der Waals surface area contributed by atoms with Crippen LogP contribution in [0.2, 0.25) is 5.02 Å². The van der Waals surface area contributed by atoms with E-state index in [9.17, 15) is 23.1 Å². The van der Waals surface area contributed by atoms with Crippen molar-refractivity contribution >= 4 is 17.6 Å². The van der Waals surface area contributed by atoms with Gasteiger partial charge >= 0.3 is 12.3 Å². The number of rotatable bonds is 5. The summed E-state index contributed by atoms with van der Waals surface area (Å²) in [4.78, 5) is 15.4. The quantitative estimate of drug-likeness (QED) is 0.599. The molecule has 0 fully saturated rings. The first kappa shape index (κ1) is 19.7. The summed E-state index contributed by atoms with van der Waals surface area (Å²) in [6.45, 7) is 0. The van der Waals surface area contributed by atoms with Gasteiger partial charge in [0.1, 0.15) is 5.75 Å². The maximum Gasteiger partial charge on any atom is 0.573 e. The molecule has 1 aromatic heterocycles. The highest BCUT2D eigenvalue weighted by molar-refractivity contribution is 6.31. The van der Waals surface area contributed by atoms with Crippen molar-refractivity contribution in [1.29, 1.82) is 0 Å². The summed E-state index contributed by atoms with van der Waals surface area (Å²) in [5.41, 5.74) is 2.19. The summed E-state index contributed by atoms with van der Waals surface area (Å²) < 4.78 is 41.1. The fraction of sp³-hybridized carbons (Fsp3) is 0.100. The highest BCUT2D eigenvalue weighted by Crippen LogP contribution is 2.31. The molecule has 4 nitrogen and oxygen atoms in total. The zero-order chi connectivity index (χ0) is 20.3. The fourth-order valence-corrected chi connectivity index (χ4v) is 2.94. The number of carboxylic acids is 1. The van der Waals surface area contributed by atoms with Gasteiger partial charge in [0.05, 0.1) is 11.3 Å². The van der Waals surface area contributed by atoms with Crippen LogP contribution in [0.1, 0.15) is 21.6 Å². The van der Waals surface area contributed by atoms with Crippen molar-refractivity contribution in [2.24, 2.45) is 0 Å². The summed E-state index contributed by atoms with van der Waals surface area (Å²) in [5, 5.41) is 9.60. The summed E-state index contributed by atoms with van der Waals surface area (Å²) in [6.07, 6.45) is -3.07. The molecule has 1 N–H and O–H groups in total. The van der Waals surface area contributed by atoms with E-state index in [-0.39, 0.29) is 17.7 Å². The van der Waals surface area contributed by atoms with Crippen molar-refractivity contribution in [3.05, 3.63) is 82.6 Å². The molecule has 0 saturated heterocycles. The molecule has 0 aliphatic heterocycles. The molecule has 0 bridgehead atoms. The van der Waals surface area contributed by atoms with Gasteiger partial charge in [-0.15, -0.1) is 13.2 Å². The molecule has 2 aromatic carbocycles. The number of carboxylic acid groups (broad SMARTS) is 1. The van der Waals surface area contributed by atoms with Gasteiger partial charge in [0.25, 0.3) is 0 Å². The minimum absolute atomic E-state index is 0.0830. The summed E-state index contributed by atoms with van der Waals surface area (Å²) in [5.74, 6) is -1.41. The van der Waals surface area contributed by atoms with Gasteiger partial charge in [-0.2, -0.15) is 0 Å². The Morgan fingerprint density at radius 2 is 1.82 bits per heavy atom. The lowest BCUT2D eigenvalue weighted by Crippen LogP contribution is -2.17. The second-order valence-corrected chi connectivity index (χ2v) is 6.27. The highest BCUT2D eigenvalue weighted by atomic mass is 35.5. The molecule has 0 amide bonds. The van der Waals surface area contributed by atoms with Crippen molar-refractivity contribution in [3.8, 4) is 16.9 Å². The summed E-state index contributed by atoms with van der Waals surface area (Å²) in [6, 6.07) is 13.5. The largest absolute Gasteiger partial charge is 0.573 e. The summed E-state index contributed by atoms with van der Waals surface area (Å²) >= 11 is 6.32. The molecular formula is C20H13ClF3NO3. The number of hydrogen-bond acceptors (Lipinski definition) is 3. The van der Waals surface area contributed by atoms with Crippen LogP contribution >= 0.6 is 11.6 Å². The molecule has 28 heavy (non-hydrogen) atoms. The second-order valence-electron chi connectivity index (χ2n) is 5.86. The van der Waals surface area contributed by atoms with E-state index in [1.165, 1.54) is 36.5 Å². The second kappa shape index (κ2) is 7.90. The number of halogens is 4. The Bertz CT molecular complexity index is 1020. The average Bonchev–Trinajstić information content (AvgIpc) is 2.62. The molecule has 0 radical (unpaired) electrons. The first-order valence-corrected chi connectivity index (χ1v) is 8.42. The molecular weight excluding hydrogens is 395 g/mol. The molecule has 3 rings (SSSR count). The summed E-state index contributed by atoms with van der Waals surface area (Å²) in [7, 11) is 0. The van der Waals surface area contributed by atoms with E-state index in [2.05, 4.69) is 9.72 Å². The Kier molecular flexibility index (Phi) is 5.56. The first-order valence-electron chi connectivity index (χ1n) is 8.05. The molecule has 8 heteroatoms. The van der Waals surface area contributed by atoms with Crippen molar-refractivity contribution in [2.45, 2.75) is 12.8 Å². The lowest BCUT2D eigenvalue weighted by atomic mass is 10.0. The smallest absolute Gasteiger partial charge is 0.478 e. The number of nitrogens with zero attached hydrogens (tertiary/aromatic N) is 1. The lowest BCUT2D eigenvalue weighted by Gasteiger charge is -2.11. The maximum atomic E-state index is 12.4. The van der Waals surface area contributed by atoms with Gasteiger partial charge < -0.3 is 9.84 Å². The van der Waals surface area contributed by atoms with E-state index < -0.39 is 12.3 Å². The van der Waals surface area contributed by atoms with Crippen LogP contribution < -0.4 is 4.74 Å². The topological polar surface area (TPSA) is 59.4 Å². The van der Waals surface area contributed by atoms with Gasteiger partial charge in [-0.05, 0) is 47.0 Å². The number of hydrogen-bond donors (Lipinski definition) is 1. The molecule has 0 spiro atoms. The van der Waals surface area contributed by atoms with Gasteiger partial charge in [0.2, 0.25) is 0 Å². The lowest BCUT2D eigenvalue weighted by molar-refractivity contribution is -0.274. The molecule has 1 heterocycles. The van der Waals surface area contributed by atoms with Gasteiger partial charge in [0, 0.05) is 17.6 Å². The van der Waals surface area contributed by atoms with Crippen LogP contribution in [0.4, 0.5) is 13.2 Å². The maximum absolute atomic E-state index is 12.4. The van der Waals surface area contributed by atoms with Gasteiger partial charge in [0.15, 0.2) is 0 Å². The van der Waals surface area contributed by atoms with Gasteiger partial charge in [-0.3, -0.25) is 4.98 Å². The number of aromatic nitrogens is 1. The Hall–Kier alpha value is -3.06. The number of benzene rings is 2. The van der Waals surface area contributed by atoms with E-state index in [1.54, 1.807) is 24.3 Å². The van der Waals surface area contributed by atoms with Gasteiger partial charge in [-0.1, -0.05) is 35.9 Å². The fourth-order valence-electron chi connectivity index (χ4n) is 2.70. The number of ether oxygens (including phenoxy) is 1. The molecule has 0 aliphatic carbocycles. The van der Waals surface area contributed by atoms with Crippen LogP contribution in [-0.4, -0.2) is 22.4 Å². The SMILES string of the molecule is O=C(O)c1cccnc1Cc1ccc(-c2cccc(OC(F)(F)F)c2)cc1Cl. The zero-order valence-corrected chi connectivity index (χ0v) is 15.0. The third-order valence-corrected chi connectivity index (χ3v) is 4.28. The highest BCUT2D eigenvalue weighted by Gasteiger charge is 2.31. The normalized spacial score (nSPS) is 11.3. The van der Waals surface area contributed by atoms with E-state index in [0.717, 1.165) is 0 Å². The average molecular weight is 408 g/mol. The molecule has 0 aliphatic rings. The monoisotopic (exact) mass is 407 g/mol. The van der Waals surface area contributed by atoms with Crippen LogP contribution in [0, 0.1) is 0 Å². The number of carbonyl (C=O) groups is 1. The predicted molar refractivity (Wildman–Crippen MR) is 97.6 cm³/mol. The van der Waals surface area contributed by atoms with Crippen molar-refractivity contribution in [3.63, 3.8) is 0 Å². The van der Waals surface area contributed by atoms with Crippen LogP contribution in [0.5, 0.6) is 5.75 Å². The minimum Gasteiger partial charge on any atom is -0.478 e. The zero-order valence-electron chi connectivity index (χ0n) is 14.2. The van der Waals surface area contributed by atoms with E-state index in [0.29, 0.717) is 27.4 Å².